The van der Waals surface area contributed by atoms with Crippen molar-refractivity contribution in [2.75, 3.05) is 19.8 Å². The molecule has 0 aliphatic carbocycles. The second kappa shape index (κ2) is 5.79. The second-order valence-corrected chi connectivity index (χ2v) is 4.50. The number of nitrogens with two attached hydrogens (primary N) is 1. The number of benzene rings is 1. The van der Waals surface area contributed by atoms with Crippen molar-refractivity contribution < 1.29 is 22.6 Å². The summed E-state index contributed by atoms with van der Waals surface area (Å²) >= 11 is 0. The van der Waals surface area contributed by atoms with Gasteiger partial charge in [0.1, 0.15) is 12.4 Å². The molecule has 1 aliphatic heterocycles. The molecule has 6 heteroatoms. The van der Waals surface area contributed by atoms with Gasteiger partial charge in [-0.2, -0.15) is 13.2 Å². The summed E-state index contributed by atoms with van der Waals surface area (Å²) in [4.78, 5) is 0. The molecular formula is C13H16F3NO2. The lowest BCUT2D eigenvalue weighted by molar-refractivity contribution is -0.174. The van der Waals surface area contributed by atoms with E-state index in [4.69, 9.17) is 10.5 Å². The van der Waals surface area contributed by atoms with Crippen molar-refractivity contribution in [2.45, 2.75) is 25.1 Å². The Bertz CT molecular complexity index is 434. The molecule has 0 radical (unpaired) electrons. The van der Waals surface area contributed by atoms with E-state index in [1.165, 1.54) is 0 Å². The van der Waals surface area contributed by atoms with Crippen molar-refractivity contribution >= 4 is 0 Å². The Morgan fingerprint density at radius 3 is 2.89 bits per heavy atom. The Kier molecular flexibility index (Phi) is 4.31. The van der Waals surface area contributed by atoms with Crippen LogP contribution in [-0.4, -0.2) is 26.0 Å². The Hall–Kier alpha value is -1.27. The molecule has 106 valence electrons. The lowest BCUT2D eigenvalue weighted by Crippen LogP contribution is -2.20. The van der Waals surface area contributed by atoms with Crippen LogP contribution in [0.4, 0.5) is 13.2 Å². The summed E-state index contributed by atoms with van der Waals surface area (Å²) in [5.41, 5.74) is 7.92. The van der Waals surface area contributed by atoms with Crippen LogP contribution < -0.4 is 10.5 Å². The van der Waals surface area contributed by atoms with Gasteiger partial charge in [0.2, 0.25) is 0 Å². The lowest BCUT2D eigenvalue weighted by atomic mass is 10.0. The fraction of sp³-hybridized carbons (Fsp3) is 0.538. The Morgan fingerprint density at radius 2 is 2.16 bits per heavy atom. The van der Waals surface area contributed by atoms with Crippen LogP contribution in [0, 0.1) is 0 Å². The summed E-state index contributed by atoms with van der Waals surface area (Å²) in [6, 6.07) is 5.33. The third-order valence-corrected chi connectivity index (χ3v) is 2.98. The molecule has 0 saturated carbocycles. The van der Waals surface area contributed by atoms with Gasteiger partial charge in [0.25, 0.3) is 0 Å². The van der Waals surface area contributed by atoms with Gasteiger partial charge in [-0.05, 0) is 12.0 Å². The van der Waals surface area contributed by atoms with Crippen LogP contribution in [0.2, 0.25) is 0 Å². The van der Waals surface area contributed by atoms with E-state index < -0.39 is 12.8 Å². The monoisotopic (exact) mass is 275 g/mol. The van der Waals surface area contributed by atoms with Gasteiger partial charge in [-0.15, -0.1) is 0 Å². The number of para-hydroxylation sites is 1. The van der Waals surface area contributed by atoms with Gasteiger partial charge in [-0.25, -0.2) is 0 Å². The molecule has 0 fully saturated rings. The molecule has 2 rings (SSSR count). The van der Waals surface area contributed by atoms with E-state index in [-0.39, 0.29) is 12.6 Å². The maximum absolute atomic E-state index is 11.9. The topological polar surface area (TPSA) is 44.5 Å². The van der Waals surface area contributed by atoms with E-state index in [1.54, 1.807) is 0 Å². The number of rotatable bonds is 5. The van der Waals surface area contributed by atoms with Gasteiger partial charge in [0.05, 0.1) is 6.61 Å². The fourth-order valence-corrected chi connectivity index (χ4v) is 2.09. The largest absolute Gasteiger partial charge is 0.493 e. The van der Waals surface area contributed by atoms with E-state index in [1.807, 2.05) is 18.2 Å². The minimum absolute atomic E-state index is 0.0235. The van der Waals surface area contributed by atoms with Crippen molar-refractivity contribution in [3.63, 3.8) is 0 Å². The van der Waals surface area contributed by atoms with Crippen molar-refractivity contribution in [1.29, 1.82) is 0 Å². The predicted octanol–water partition coefficient (Wildman–Crippen LogP) is 2.59. The van der Waals surface area contributed by atoms with Gasteiger partial charge in [-0.3, -0.25) is 0 Å². The van der Waals surface area contributed by atoms with Gasteiger partial charge in [-0.1, -0.05) is 18.2 Å². The molecule has 2 N–H and O–H groups in total. The molecule has 1 heterocycles. The average Bonchev–Trinajstić information content (AvgIpc) is 2.81. The highest BCUT2D eigenvalue weighted by Gasteiger charge is 2.27. The van der Waals surface area contributed by atoms with Crippen LogP contribution in [0.25, 0.3) is 0 Å². The Labute approximate surface area is 109 Å². The van der Waals surface area contributed by atoms with Crippen molar-refractivity contribution in [1.82, 2.24) is 0 Å². The first kappa shape index (κ1) is 14.1. The number of halogens is 3. The number of hydrogen-bond donors (Lipinski definition) is 1. The molecule has 0 bridgehead atoms. The summed E-state index contributed by atoms with van der Waals surface area (Å²) in [6.45, 7) is -0.628. The molecule has 19 heavy (non-hydrogen) atoms. The van der Waals surface area contributed by atoms with Crippen LogP contribution in [0.15, 0.2) is 18.2 Å². The number of hydrogen-bond acceptors (Lipinski definition) is 3. The average molecular weight is 275 g/mol. The zero-order valence-electron chi connectivity index (χ0n) is 10.4. The maximum Gasteiger partial charge on any atom is 0.411 e. The zero-order chi connectivity index (χ0) is 13.9. The van der Waals surface area contributed by atoms with Gasteiger partial charge < -0.3 is 15.2 Å². The van der Waals surface area contributed by atoms with E-state index in [0.29, 0.717) is 13.0 Å². The highest BCUT2D eigenvalue weighted by atomic mass is 19.4. The summed E-state index contributed by atoms with van der Waals surface area (Å²) in [5.74, 6) is 0.783. The first-order valence-electron chi connectivity index (χ1n) is 6.12. The predicted molar refractivity (Wildman–Crippen MR) is 64.1 cm³/mol. The van der Waals surface area contributed by atoms with Gasteiger partial charge in [0, 0.05) is 24.6 Å². The van der Waals surface area contributed by atoms with E-state index in [2.05, 4.69) is 4.74 Å². The molecule has 0 aromatic heterocycles. The van der Waals surface area contributed by atoms with Crippen LogP contribution in [-0.2, 0) is 11.2 Å². The first-order valence-corrected chi connectivity index (χ1v) is 6.12. The summed E-state index contributed by atoms with van der Waals surface area (Å²) in [6.07, 6.45) is -3.11. The Morgan fingerprint density at radius 1 is 1.37 bits per heavy atom. The maximum atomic E-state index is 11.9. The molecule has 3 nitrogen and oxygen atoms in total. The number of fused-ring (bicyclic) bond motifs is 1. The minimum Gasteiger partial charge on any atom is -0.493 e. The Balaban J connectivity index is 1.87. The van der Waals surface area contributed by atoms with Crippen LogP contribution in [0.1, 0.15) is 23.6 Å². The van der Waals surface area contributed by atoms with Gasteiger partial charge >= 0.3 is 6.18 Å². The normalized spacial score (nSPS) is 16.0. The third kappa shape index (κ3) is 3.84. The van der Waals surface area contributed by atoms with Crippen LogP contribution >= 0.6 is 0 Å². The van der Waals surface area contributed by atoms with E-state index in [0.717, 1.165) is 23.3 Å². The lowest BCUT2D eigenvalue weighted by Gasteiger charge is -2.16. The SMILES string of the molecule is NC(CCOCC(F)(F)F)c1cccc2c1OCC2. The first-order chi connectivity index (χ1) is 8.97. The van der Waals surface area contributed by atoms with Crippen LogP contribution in [0.5, 0.6) is 5.75 Å². The molecule has 1 aliphatic rings. The smallest absolute Gasteiger partial charge is 0.411 e. The van der Waals surface area contributed by atoms with Crippen molar-refractivity contribution in [2.24, 2.45) is 5.73 Å². The zero-order valence-corrected chi connectivity index (χ0v) is 10.4. The summed E-state index contributed by atoms with van der Waals surface area (Å²) in [7, 11) is 0. The minimum atomic E-state index is -4.29. The quantitative estimate of drug-likeness (QED) is 0.840. The second-order valence-electron chi connectivity index (χ2n) is 4.50. The fourth-order valence-electron chi connectivity index (χ4n) is 2.09. The van der Waals surface area contributed by atoms with Crippen LogP contribution in [0.3, 0.4) is 0 Å². The highest BCUT2D eigenvalue weighted by molar-refractivity contribution is 5.45. The molecule has 1 atom stereocenters. The summed E-state index contributed by atoms with van der Waals surface area (Å²) < 4.78 is 45.8. The highest BCUT2D eigenvalue weighted by Crippen LogP contribution is 2.33. The molecule has 1 aromatic rings. The molecule has 1 aromatic carbocycles. The van der Waals surface area contributed by atoms with E-state index >= 15 is 0 Å². The standard InChI is InChI=1S/C13H16F3NO2/c14-13(15,16)8-18-6-5-11(17)10-3-1-2-9-4-7-19-12(9)10/h1-3,11H,4-8,17H2. The molecule has 0 amide bonds. The molecule has 0 saturated heterocycles. The third-order valence-electron chi connectivity index (χ3n) is 2.98. The van der Waals surface area contributed by atoms with Crippen molar-refractivity contribution in [3.8, 4) is 5.75 Å². The van der Waals surface area contributed by atoms with Gasteiger partial charge in [0.15, 0.2) is 0 Å². The number of alkyl halides is 3. The molecule has 0 spiro atoms. The molecular weight excluding hydrogens is 259 g/mol. The number of ether oxygens (including phenoxy) is 2. The molecule has 1 unspecified atom stereocenters. The summed E-state index contributed by atoms with van der Waals surface area (Å²) in [5, 5.41) is 0. The van der Waals surface area contributed by atoms with Crippen molar-refractivity contribution in [3.05, 3.63) is 29.3 Å². The van der Waals surface area contributed by atoms with E-state index in [9.17, 15) is 13.2 Å².